The number of hydrogen-bond acceptors (Lipinski definition) is 3. The lowest BCUT2D eigenvalue weighted by molar-refractivity contribution is 0.460. The normalized spacial score (nSPS) is 13.1. The first-order valence-electron chi connectivity index (χ1n) is 17.7. The molecule has 4 nitrogen and oxygen atoms in total. The summed E-state index contributed by atoms with van der Waals surface area (Å²) in [4.78, 5) is 14.6. The van der Waals surface area contributed by atoms with E-state index in [1.807, 2.05) is 12.1 Å². The van der Waals surface area contributed by atoms with Crippen molar-refractivity contribution in [1.29, 1.82) is 0 Å². The lowest BCUT2D eigenvalue weighted by Gasteiger charge is -2.23. The van der Waals surface area contributed by atoms with Gasteiger partial charge in [-0.1, -0.05) is 98.7 Å². The van der Waals surface area contributed by atoms with Crippen LogP contribution in [0.5, 0.6) is 11.6 Å². The Morgan fingerprint density at radius 2 is 1.04 bits per heavy atom. The largest absolute Gasteiger partial charge is 0.439 e. The van der Waals surface area contributed by atoms with Crippen LogP contribution in [0.3, 0.4) is 0 Å². The predicted octanol–water partition coefficient (Wildman–Crippen LogP) is 12.8. The third kappa shape index (κ3) is 5.67. The minimum atomic E-state index is -0.112. The first kappa shape index (κ1) is 32.0. The molecule has 4 heterocycles. The summed E-state index contributed by atoms with van der Waals surface area (Å²) in [5.41, 5.74) is 13.7. The van der Waals surface area contributed by atoms with Crippen LogP contribution in [0.25, 0.3) is 66.7 Å². The Kier molecular flexibility index (Phi) is 7.14. The van der Waals surface area contributed by atoms with Gasteiger partial charge < -0.3 is 9.72 Å². The summed E-state index contributed by atoms with van der Waals surface area (Å²) in [7, 11) is 0. The molecule has 8 bridgehead atoms. The maximum Gasteiger partial charge on any atom is 0.219 e. The summed E-state index contributed by atoms with van der Waals surface area (Å²) in [6.07, 6.45) is 0. The first-order chi connectivity index (χ1) is 23.6. The van der Waals surface area contributed by atoms with Crippen LogP contribution >= 0.6 is 0 Å². The van der Waals surface area contributed by atoms with Crippen molar-refractivity contribution >= 4 is 21.8 Å². The van der Waals surface area contributed by atoms with Crippen molar-refractivity contribution in [2.75, 3.05) is 0 Å². The van der Waals surface area contributed by atoms with Crippen LogP contribution in [0.15, 0.2) is 103 Å². The number of nitrogens with one attached hydrogen (secondary N) is 1. The van der Waals surface area contributed by atoms with E-state index in [1.165, 1.54) is 27.5 Å². The van der Waals surface area contributed by atoms with Gasteiger partial charge in [-0.05, 0) is 105 Å². The monoisotopic (exact) mass is 655 g/mol. The van der Waals surface area contributed by atoms with E-state index in [2.05, 4.69) is 158 Å². The number of pyridine rings is 2. The van der Waals surface area contributed by atoms with Gasteiger partial charge in [0, 0.05) is 33.5 Å². The zero-order valence-electron chi connectivity index (χ0n) is 30.6. The smallest absolute Gasteiger partial charge is 0.219 e. The van der Waals surface area contributed by atoms with Gasteiger partial charge in [-0.2, -0.15) is 0 Å². The van der Waals surface area contributed by atoms with Crippen molar-refractivity contribution in [2.24, 2.45) is 0 Å². The lowest BCUT2D eigenvalue weighted by Crippen LogP contribution is -2.12. The maximum atomic E-state index is 6.65. The molecule has 1 aliphatic rings. The molecule has 1 N–H and O–H groups in total. The number of aromatic amines is 1. The average molecular weight is 656 g/mol. The van der Waals surface area contributed by atoms with Gasteiger partial charge in [-0.3, -0.25) is 0 Å². The topological polar surface area (TPSA) is 50.8 Å². The number of ether oxygens (including phenoxy) is 1. The zero-order chi connectivity index (χ0) is 35.2. The minimum Gasteiger partial charge on any atom is -0.439 e. The Hall–Kier alpha value is -5.22. The number of fused-ring (bicyclic) bond motifs is 10. The number of rotatable bonds is 1. The van der Waals surface area contributed by atoms with Crippen molar-refractivity contribution in [3.63, 3.8) is 0 Å². The third-order valence-corrected chi connectivity index (χ3v) is 10.0. The molecule has 50 heavy (non-hydrogen) atoms. The van der Waals surface area contributed by atoms with Crippen LogP contribution in [0.4, 0.5) is 0 Å². The molecule has 250 valence electrons. The average Bonchev–Trinajstić information content (AvgIpc) is 3.45. The molecule has 4 heteroatoms. The van der Waals surface area contributed by atoms with Gasteiger partial charge >= 0.3 is 0 Å². The highest BCUT2D eigenvalue weighted by Gasteiger charge is 2.25. The predicted molar refractivity (Wildman–Crippen MR) is 209 cm³/mol. The number of aromatic nitrogens is 3. The molecule has 0 saturated carbocycles. The molecule has 0 amide bonds. The standard InChI is InChI=1S/C46H45N3O/c1-44(2,3)30-18-29-19-33(22-30)50-41-17-13-16-38(48-41)36-25-31(45(4,5)6)23-34-35-24-32(46(7,8)9)26-37(43(35)49-42(34)36)40-21-28(20-39(29)47-40)27-14-11-10-12-15-27/h10-26,49H,1-9H3. The number of benzene rings is 4. The van der Waals surface area contributed by atoms with Crippen LogP contribution in [0, 0.1) is 0 Å². The van der Waals surface area contributed by atoms with Gasteiger partial charge in [0.1, 0.15) is 5.75 Å². The van der Waals surface area contributed by atoms with Crippen LogP contribution in [0.2, 0.25) is 0 Å². The van der Waals surface area contributed by atoms with Crippen LogP contribution < -0.4 is 4.74 Å². The first-order valence-corrected chi connectivity index (χ1v) is 17.7. The molecule has 0 spiro atoms. The molecule has 0 unspecified atom stereocenters. The van der Waals surface area contributed by atoms with Crippen molar-refractivity contribution in [3.8, 4) is 56.5 Å². The van der Waals surface area contributed by atoms with Crippen molar-refractivity contribution in [1.82, 2.24) is 15.0 Å². The fourth-order valence-corrected chi connectivity index (χ4v) is 6.97. The molecule has 7 aromatic rings. The Morgan fingerprint density at radius 1 is 0.460 bits per heavy atom. The van der Waals surface area contributed by atoms with Crippen molar-refractivity contribution in [3.05, 3.63) is 120 Å². The molecule has 8 rings (SSSR count). The molecule has 0 aliphatic carbocycles. The van der Waals surface area contributed by atoms with Gasteiger partial charge in [0.2, 0.25) is 5.88 Å². The van der Waals surface area contributed by atoms with Gasteiger partial charge in [0.15, 0.2) is 0 Å². The Balaban J connectivity index is 1.57. The zero-order valence-corrected chi connectivity index (χ0v) is 30.6. The fraction of sp³-hybridized carbons (Fsp3) is 0.261. The molecule has 0 saturated heterocycles. The molecular weight excluding hydrogens is 611 g/mol. The van der Waals surface area contributed by atoms with E-state index in [0.29, 0.717) is 5.88 Å². The Bertz CT molecular complexity index is 2450. The summed E-state index contributed by atoms with van der Waals surface area (Å²) < 4.78 is 6.65. The SMILES string of the molecule is CC(C)(C)c1cc2cc(c1)-c1cc(-c3ccccc3)cc(n1)-c1cc(C(C)(C)C)cc3c1[nH]c1c(cc(C(C)(C)C)cc13)-c1cccc(n1)O2. The van der Waals surface area contributed by atoms with Crippen molar-refractivity contribution in [2.45, 2.75) is 78.6 Å². The highest BCUT2D eigenvalue weighted by Crippen LogP contribution is 2.44. The minimum absolute atomic E-state index is 0.0732. The highest BCUT2D eigenvalue weighted by atomic mass is 16.5. The second kappa shape index (κ2) is 11.1. The van der Waals surface area contributed by atoms with E-state index in [9.17, 15) is 0 Å². The van der Waals surface area contributed by atoms with E-state index in [1.54, 1.807) is 0 Å². The number of H-pyrrole nitrogens is 1. The van der Waals surface area contributed by atoms with E-state index >= 15 is 0 Å². The van der Waals surface area contributed by atoms with Gasteiger partial charge in [0.05, 0.1) is 28.1 Å². The quantitative estimate of drug-likeness (QED) is 0.191. The van der Waals surface area contributed by atoms with Gasteiger partial charge in [-0.15, -0.1) is 0 Å². The summed E-state index contributed by atoms with van der Waals surface area (Å²) in [5.74, 6) is 1.30. The molecule has 3 aromatic heterocycles. The maximum absolute atomic E-state index is 6.65. The van der Waals surface area contributed by atoms with Crippen LogP contribution in [0.1, 0.15) is 79.0 Å². The second-order valence-corrected chi connectivity index (χ2v) is 17.0. The summed E-state index contributed by atoms with van der Waals surface area (Å²) >= 11 is 0. The van der Waals surface area contributed by atoms with Crippen molar-refractivity contribution < 1.29 is 4.74 Å². The summed E-state index contributed by atoms with van der Waals surface area (Å²) in [6.45, 7) is 20.4. The fourth-order valence-electron chi connectivity index (χ4n) is 6.97. The lowest BCUT2D eigenvalue weighted by atomic mass is 9.83. The van der Waals surface area contributed by atoms with Crippen LogP contribution in [-0.2, 0) is 16.2 Å². The van der Waals surface area contributed by atoms with Gasteiger partial charge in [-0.25, -0.2) is 9.97 Å². The molecule has 1 aliphatic heterocycles. The molecule has 0 fully saturated rings. The Labute approximate surface area is 295 Å². The summed E-state index contributed by atoms with van der Waals surface area (Å²) in [6, 6.07) is 37.1. The number of hydrogen-bond donors (Lipinski definition) is 1. The van der Waals surface area contributed by atoms with Gasteiger partial charge in [0.25, 0.3) is 0 Å². The summed E-state index contributed by atoms with van der Waals surface area (Å²) in [5, 5.41) is 2.38. The van der Waals surface area contributed by atoms with E-state index in [0.717, 1.165) is 61.7 Å². The van der Waals surface area contributed by atoms with E-state index < -0.39 is 0 Å². The van der Waals surface area contributed by atoms with E-state index in [4.69, 9.17) is 14.7 Å². The molecule has 4 aromatic carbocycles. The Morgan fingerprint density at radius 3 is 1.66 bits per heavy atom. The van der Waals surface area contributed by atoms with Crippen LogP contribution in [-0.4, -0.2) is 15.0 Å². The second-order valence-electron chi connectivity index (χ2n) is 17.0. The third-order valence-electron chi connectivity index (χ3n) is 10.0. The number of nitrogens with zero attached hydrogens (tertiary/aromatic N) is 2. The molecule has 0 radical (unpaired) electrons. The molecular formula is C46H45N3O. The molecule has 0 atom stereocenters. The van der Waals surface area contributed by atoms with E-state index in [-0.39, 0.29) is 16.2 Å². The highest BCUT2D eigenvalue weighted by molar-refractivity contribution is 6.15.